The van der Waals surface area contributed by atoms with Crippen LogP contribution in [0.25, 0.3) is 11.3 Å². The van der Waals surface area contributed by atoms with Gasteiger partial charge in [-0.05, 0) is 29.7 Å². The van der Waals surface area contributed by atoms with E-state index in [-0.39, 0.29) is 17.8 Å². The van der Waals surface area contributed by atoms with E-state index in [9.17, 15) is 9.18 Å². The van der Waals surface area contributed by atoms with Gasteiger partial charge >= 0.3 is 6.03 Å². The van der Waals surface area contributed by atoms with Crippen molar-refractivity contribution in [2.45, 2.75) is 12.3 Å². The van der Waals surface area contributed by atoms with E-state index in [1.807, 2.05) is 17.0 Å². The molecule has 0 bridgehead atoms. The zero-order valence-electron chi connectivity index (χ0n) is 21.8. The first kappa shape index (κ1) is 27.0. The summed E-state index contributed by atoms with van der Waals surface area (Å²) in [7, 11) is 0. The van der Waals surface area contributed by atoms with Crippen LogP contribution in [0.5, 0.6) is 0 Å². The molecular formula is C31H33FN4O2S. The average molecular weight is 545 g/mol. The molecule has 6 nitrogen and oxygen atoms in total. The van der Waals surface area contributed by atoms with E-state index in [2.05, 4.69) is 63.7 Å². The topological polar surface area (TPSA) is 57.7 Å². The van der Waals surface area contributed by atoms with Crippen molar-refractivity contribution in [1.82, 2.24) is 14.8 Å². The van der Waals surface area contributed by atoms with Gasteiger partial charge in [-0.15, -0.1) is 11.3 Å². The monoisotopic (exact) mass is 544 g/mol. The average Bonchev–Trinajstić information content (AvgIpc) is 3.44. The van der Waals surface area contributed by atoms with E-state index >= 15 is 0 Å². The lowest BCUT2D eigenvalue weighted by atomic mass is 9.88. The minimum absolute atomic E-state index is 0.165. The number of urea groups is 1. The Kier molecular flexibility index (Phi) is 9.32. The standard InChI is InChI=1S/C31H33FN4O2S/c32-28-14-8-7-13-27(28)29-23-39-30(33-29)34-31(37)36(18-17-35-19-21-38-22-20-35)16-15-26(24-9-3-1-4-10-24)25-11-5-2-6-12-25/h1-14,23,26H,15-22H2,(H,33,34,37). The summed E-state index contributed by atoms with van der Waals surface area (Å²) in [4.78, 5) is 22.2. The molecule has 0 spiro atoms. The molecule has 1 aliphatic heterocycles. The first-order valence-corrected chi connectivity index (χ1v) is 14.2. The molecule has 1 aromatic heterocycles. The van der Waals surface area contributed by atoms with Gasteiger partial charge in [0, 0.05) is 49.6 Å². The minimum Gasteiger partial charge on any atom is -0.379 e. The van der Waals surface area contributed by atoms with Crippen molar-refractivity contribution < 1.29 is 13.9 Å². The zero-order chi connectivity index (χ0) is 26.9. The number of anilines is 1. The lowest BCUT2D eigenvalue weighted by Gasteiger charge is -2.31. The molecule has 0 aliphatic carbocycles. The molecule has 1 saturated heterocycles. The van der Waals surface area contributed by atoms with Gasteiger partial charge in [0.25, 0.3) is 0 Å². The fourth-order valence-electron chi connectivity index (χ4n) is 4.88. The number of thiazole rings is 1. The van der Waals surface area contributed by atoms with E-state index in [1.54, 1.807) is 23.6 Å². The number of ether oxygens (including phenoxy) is 1. The highest BCUT2D eigenvalue weighted by molar-refractivity contribution is 7.14. The highest BCUT2D eigenvalue weighted by Gasteiger charge is 2.21. The quantitative estimate of drug-likeness (QED) is 0.253. The van der Waals surface area contributed by atoms with Crippen LogP contribution in [0.1, 0.15) is 23.5 Å². The van der Waals surface area contributed by atoms with E-state index in [0.29, 0.717) is 42.7 Å². The van der Waals surface area contributed by atoms with Crippen LogP contribution in [0.3, 0.4) is 0 Å². The van der Waals surface area contributed by atoms with Gasteiger partial charge in [0.2, 0.25) is 0 Å². The third-order valence-corrected chi connectivity index (χ3v) is 7.79. The van der Waals surface area contributed by atoms with Crippen molar-refractivity contribution in [2.24, 2.45) is 0 Å². The lowest BCUT2D eigenvalue weighted by molar-refractivity contribution is 0.0351. The van der Waals surface area contributed by atoms with Gasteiger partial charge in [-0.2, -0.15) is 0 Å². The summed E-state index contributed by atoms with van der Waals surface area (Å²) < 4.78 is 19.8. The number of carbonyl (C=O) groups excluding carboxylic acids is 1. The predicted molar refractivity (Wildman–Crippen MR) is 155 cm³/mol. The van der Waals surface area contributed by atoms with Gasteiger partial charge in [0.05, 0.1) is 18.9 Å². The second-order valence-electron chi connectivity index (χ2n) is 9.55. The number of carbonyl (C=O) groups is 1. The summed E-state index contributed by atoms with van der Waals surface area (Å²) in [6.45, 7) is 5.11. The molecule has 202 valence electrons. The van der Waals surface area contributed by atoms with Gasteiger partial charge in [0.15, 0.2) is 5.13 Å². The number of morpholine rings is 1. The Hall–Kier alpha value is -3.59. The minimum atomic E-state index is -0.333. The summed E-state index contributed by atoms with van der Waals surface area (Å²) in [5.74, 6) is -0.167. The number of nitrogens with zero attached hydrogens (tertiary/aromatic N) is 3. The number of rotatable bonds is 10. The largest absolute Gasteiger partial charge is 0.379 e. The molecule has 5 rings (SSSR count). The molecule has 1 N–H and O–H groups in total. The van der Waals surface area contributed by atoms with Crippen molar-refractivity contribution in [1.29, 1.82) is 0 Å². The molecule has 39 heavy (non-hydrogen) atoms. The van der Waals surface area contributed by atoms with Gasteiger partial charge < -0.3 is 9.64 Å². The maximum Gasteiger partial charge on any atom is 0.323 e. The summed E-state index contributed by atoms with van der Waals surface area (Å²) in [6.07, 6.45) is 0.781. The number of nitrogens with one attached hydrogen (secondary N) is 1. The molecule has 1 aliphatic rings. The highest BCUT2D eigenvalue weighted by Crippen LogP contribution is 2.29. The van der Waals surface area contributed by atoms with Crippen molar-refractivity contribution in [3.05, 3.63) is 107 Å². The van der Waals surface area contributed by atoms with Crippen molar-refractivity contribution in [3.63, 3.8) is 0 Å². The van der Waals surface area contributed by atoms with E-state index in [4.69, 9.17) is 4.74 Å². The summed E-state index contributed by atoms with van der Waals surface area (Å²) >= 11 is 1.30. The number of hydrogen-bond acceptors (Lipinski definition) is 5. The second kappa shape index (κ2) is 13.5. The Balaban J connectivity index is 1.31. The van der Waals surface area contributed by atoms with Crippen LogP contribution >= 0.6 is 11.3 Å². The van der Waals surface area contributed by atoms with Crippen LogP contribution in [-0.2, 0) is 4.74 Å². The van der Waals surface area contributed by atoms with Crippen molar-refractivity contribution in [3.8, 4) is 11.3 Å². The Morgan fingerprint density at radius 3 is 2.26 bits per heavy atom. The maximum absolute atomic E-state index is 14.3. The fraction of sp³-hybridized carbons (Fsp3) is 0.290. The van der Waals surface area contributed by atoms with Crippen LogP contribution in [0.4, 0.5) is 14.3 Å². The molecule has 1 fully saturated rings. The normalized spacial score (nSPS) is 13.9. The Morgan fingerprint density at radius 2 is 1.59 bits per heavy atom. The first-order valence-electron chi connectivity index (χ1n) is 13.3. The number of halogens is 1. The molecule has 0 saturated carbocycles. The molecule has 0 unspecified atom stereocenters. The van der Waals surface area contributed by atoms with Crippen LogP contribution in [0.15, 0.2) is 90.3 Å². The molecule has 3 aromatic carbocycles. The molecule has 0 radical (unpaired) electrons. The third kappa shape index (κ3) is 7.29. The Morgan fingerprint density at radius 1 is 0.949 bits per heavy atom. The Labute approximate surface area is 233 Å². The first-order chi connectivity index (χ1) is 19.2. The summed E-state index contributed by atoms with van der Waals surface area (Å²) in [5, 5.41) is 5.20. The number of hydrogen-bond donors (Lipinski definition) is 1. The SMILES string of the molecule is O=C(Nc1nc(-c2ccccc2F)cs1)N(CCC(c1ccccc1)c1ccccc1)CCN1CCOCC1. The summed E-state index contributed by atoms with van der Waals surface area (Å²) in [5.41, 5.74) is 3.40. The number of benzene rings is 3. The zero-order valence-corrected chi connectivity index (χ0v) is 22.7. The molecule has 2 amide bonds. The van der Waals surface area contributed by atoms with Gasteiger partial charge in [-0.3, -0.25) is 10.2 Å². The highest BCUT2D eigenvalue weighted by atomic mass is 32.1. The van der Waals surface area contributed by atoms with E-state index in [1.165, 1.54) is 28.5 Å². The maximum atomic E-state index is 14.3. The van der Waals surface area contributed by atoms with E-state index < -0.39 is 0 Å². The summed E-state index contributed by atoms with van der Waals surface area (Å²) in [6, 6.07) is 27.2. The van der Waals surface area contributed by atoms with Crippen molar-refractivity contribution >= 4 is 22.5 Å². The van der Waals surface area contributed by atoms with Gasteiger partial charge in [0.1, 0.15) is 5.82 Å². The Bertz CT molecular complexity index is 1290. The number of amides is 2. The van der Waals surface area contributed by atoms with Crippen LogP contribution in [0, 0.1) is 5.82 Å². The second-order valence-corrected chi connectivity index (χ2v) is 10.4. The molecule has 4 aromatic rings. The molecular weight excluding hydrogens is 511 g/mol. The van der Waals surface area contributed by atoms with Crippen LogP contribution in [0.2, 0.25) is 0 Å². The fourth-order valence-corrected chi connectivity index (χ4v) is 5.58. The number of aromatic nitrogens is 1. The van der Waals surface area contributed by atoms with Crippen LogP contribution in [-0.4, -0.2) is 66.8 Å². The van der Waals surface area contributed by atoms with Gasteiger partial charge in [-0.1, -0.05) is 72.8 Å². The van der Waals surface area contributed by atoms with Crippen LogP contribution < -0.4 is 5.32 Å². The predicted octanol–water partition coefficient (Wildman–Crippen LogP) is 6.34. The third-order valence-electron chi connectivity index (χ3n) is 7.04. The lowest BCUT2D eigenvalue weighted by Crippen LogP contribution is -2.44. The van der Waals surface area contributed by atoms with E-state index in [0.717, 1.165) is 26.1 Å². The van der Waals surface area contributed by atoms with Crippen molar-refractivity contribution in [2.75, 3.05) is 51.3 Å². The molecule has 0 atom stereocenters. The van der Waals surface area contributed by atoms with Gasteiger partial charge in [-0.25, -0.2) is 14.2 Å². The molecule has 8 heteroatoms. The smallest absolute Gasteiger partial charge is 0.323 e. The molecule has 2 heterocycles.